The van der Waals surface area contributed by atoms with Crippen LogP contribution in [-0.2, 0) is 9.84 Å². The van der Waals surface area contributed by atoms with Gasteiger partial charge in [0.25, 0.3) is 5.91 Å². The Morgan fingerprint density at radius 3 is 2.39 bits per heavy atom. The van der Waals surface area contributed by atoms with Crippen LogP contribution in [0.4, 0.5) is 0 Å². The summed E-state index contributed by atoms with van der Waals surface area (Å²) < 4.78 is 22.6. The van der Waals surface area contributed by atoms with Crippen molar-refractivity contribution >= 4 is 27.3 Å². The van der Waals surface area contributed by atoms with Crippen molar-refractivity contribution in [3.63, 3.8) is 0 Å². The minimum Gasteiger partial charge on any atom is -0.390 e. The van der Waals surface area contributed by atoms with Crippen LogP contribution >= 0.6 is 11.6 Å². The Balaban J connectivity index is 2.06. The number of halogens is 1. The molecular formula is C11H12ClNO4S. The Bertz CT molecular complexity index is 555. The second-order valence-electron chi connectivity index (χ2n) is 4.23. The number of aliphatic hydroxyl groups excluding tert-OH is 1. The SMILES string of the molecule is O=C(NC1CS(=O)(=O)CC1O)c1ccc(Cl)cc1. The molecule has 18 heavy (non-hydrogen) atoms. The molecule has 1 amide bonds. The summed E-state index contributed by atoms with van der Waals surface area (Å²) in [5, 5.41) is 12.6. The van der Waals surface area contributed by atoms with Gasteiger partial charge in [-0.15, -0.1) is 0 Å². The predicted octanol–water partition coefficient (Wildman–Crippen LogP) is 0.228. The Labute approximate surface area is 110 Å². The first-order chi connectivity index (χ1) is 8.37. The highest BCUT2D eigenvalue weighted by molar-refractivity contribution is 7.91. The van der Waals surface area contributed by atoms with Gasteiger partial charge in [-0.3, -0.25) is 4.79 Å². The fraction of sp³-hybridized carbons (Fsp3) is 0.364. The molecule has 1 aliphatic heterocycles. The molecule has 0 radical (unpaired) electrons. The van der Waals surface area contributed by atoms with Gasteiger partial charge in [-0.2, -0.15) is 0 Å². The zero-order chi connectivity index (χ0) is 13.3. The van der Waals surface area contributed by atoms with Crippen LogP contribution in [0.15, 0.2) is 24.3 Å². The van der Waals surface area contributed by atoms with E-state index < -0.39 is 27.9 Å². The number of hydrogen-bond donors (Lipinski definition) is 2. The van der Waals surface area contributed by atoms with Crippen LogP contribution in [0.1, 0.15) is 10.4 Å². The fourth-order valence-electron chi connectivity index (χ4n) is 1.82. The Morgan fingerprint density at radius 1 is 1.28 bits per heavy atom. The van der Waals surface area contributed by atoms with E-state index in [0.29, 0.717) is 10.6 Å². The lowest BCUT2D eigenvalue weighted by Gasteiger charge is -2.14. The van der Waals surface area contributed by atoms with Gasteiger partial charge in [0.1, 0.15) is 0 Å². The van der Waals surface area contributed by atoms with Gasteiger partial charge in [0.2, 0.25) is 0 Å². The molecule has 2 atom stereocenters. The first-order valence-corrected chi connectivity index (χ1v) is 7.52. The maximum atomic E-state index is 11.8. The van der Waals surface area contributed by atoms with Gasteiger partial charge in [-0.05, 0) is 24.3 Å². The van der Waals surface area contributed by atoms with Crippen molar-refractivity contribution in [1.29, 1.82) is 0 Å². The van der Waals surface area contributed by atoms with E-state index in [-0.39, 0.29) is 11.5 Å². The summed E-state index contributed by atoms with van der Waals surface area (Å²) in [4.78, 5) is 11.8. The number of benzene rings is 1. The number of carbonyl (C=O) groups excluding carboxylic acids is 1. The molecular weight excluding hydrogens is 278 g/mol. The second-order valence-corrected chi connectivity index (χ2v) is 6.82. The van der Waals surface area contributed by atoms with E-state index in [4.69, 9.17) is 11.6 Å². The Morgan fingerprint density at radius 2 is 1.89 bits per heavy atom. The van der Waals surface area contributed by atoms with Crippen molar-refractivity contribution in [2.45, 2.75) is 12.1 Å². The van der Waals surface area contributed by atoms with Gasteiger partial charge < -0.3 is 10.4 Å². The van der Waals surface area contributed by atoms with Crippen LogP contribution in [0.2, 0.25) is 5.02 Å². The third-order valence-electron chi connectivity index (χ3n) is 2.75. The molecule has 1 aliphatic rings. The first-order valence-electron chi connectivity index (χ1n) is 5.32. The summed E-state index contributed by atoms with van der Waals surface area (Å²) in [7, 11) is -3.27. The normalized spacial score (nSPS) is 25.9. The van der Waals surface area contributed by atoms with Gasteiger partial charge in [0.15, 0.2) is 9.84 Å². The van der Waals surface area contributed by atoms with Crippen LogP contribution in [0.5, 0.6) is 0 Å². The maximum Gasteiger partial charge on any atom is 0.251 e. The molecule has 98 valence electrons. The quantitative estimate of drug-likeness (QED) is 0.816. The fourth-order valence-corrected chi connectivity index (χ4v) is 3.69. The van der Waals surface area contributed by atoms with Crippen LogP contribution < -0.4 is 5.32 Å². The Hall–Kier alpha value is -1.11. The number of aliphatic hydroxyl groups is 1. The molecule has 2 rings (SSSR count). The first kappa shape index (κ1) is 13.3. The largest absolute Gasteiger partial charge is 0.390 e. The molecule has 0 saturated carbocycles. The minimum atomic E-state index is -3.27. The van der Waals surface area contributed by atoms with E-state index in [1.54, 1.807) is 12.1 Å². The molecule has 2 unspecified atom stereocenters. The lowest BCUT2D eigenvalue weighted by molar-refractivity contribution is 0.0889. The average molecular weight is 290 g/mol. The van der Waals surface area contributed by atoms with Crippen molar-refractivity contribution in [3.05, 3.63) is 34.9 Å². The van der Waals surface area contributed by atoms with Crippen molar-refractivity contribution < 1.29 is 18.3 Å². The lowest BCUT2D eigenvalue weighted by atomic mass is 10.1. The van der Waals surface area contributed by atoms with Crippen LogP contribution in [-0.4, -0.2) is 43.1 Å². The number of sulfone groups is 1. The monoisotopic (exact) mass is 289 g/mol. The van der Waals surface area contributed by atoms with Gasteiger partial charge in [-0.25, -0.2) is 8.42 Å². The summed E-state index contributed by atoms with van der Waals surface area (Å²) >= 11 is 5.70. The molecule has 0 aromatic heterocycles. The van der Waals surface area contributed by atoms with Crippen molar-refractivity contribution in [2.24, 2.45) is 0 Å². The highest BCUT2D eigenvalue weighted by Gasteiger charge is 2.37. The van der Waals surface area contributed by atoms with Gasteiger partial charge in [-0.1, -0.05) is 11.6 Å². The van der Waals surface area contributed by atoms with E-state index >= 15 is 0 Å². The molecule has 5 nitrogen and oxygen atoms in total. The molecule has 0 bridgehead atoms. The summed E-state index contributed by atoms with van der Waals surface area (Å²) in [5.41, 5.74) is 0.371. The van der Waals surface area contributed by atoms with Crippen molar-refractivity contribution in [3.8, 4) is 0 Å². The number of amides is 1. The molecule has 2 N–H and O–H groups in total. The molecule has 1 fully saturated rings. The third-order valence-corrected chi connectivity index (χ3v) is 4.71. The summed E-state index contributed by atoms with van der Waals surface area (Å²) in [6.45, 7) is 0. The standard InChI is InChI=1S/C11H12ClNO4S/c12-8-3-1-7(2-4-8)11(15)13-9-5-18(16,17)6-10(9)14/h1-4,9-10,14H,5-6H2,(H,13,15). The van der Waals surface area contributed by atoms with Crippen molar-refractivity contribution in [2.75, 3.05) is 11.5 Å². The van der Waals surface area contributed by atoms with Gasteiger partial charge in [0.05, 0.1) is 23.7 Å². The molecule has 1 heterocycles. The molecule has 1 saturated heterocycles. The molecule has 0 aliphatic carbocycles. The second kappa shape index (κ2) is 4.87. The maximum absolute atomic E-state index is 11.8. The molecule has 1 aromatic rings. The number of rotatable bonds is 2. The summed E-state index contributed by atoms with van der Waals surface area (Å²) in [6.07, 6.45) is -1.05. The van der Waals surface area contributed by atoms with Crippen LogP contribution in [0.25, 0.3) is 0 Å². The third kappa shape index (κ3) is 3.01. The zero-order valence-corrected chi connectivity index (χ0v) is 10.9. The highest BCUT2D eigenvalue weighted by atomic mass is 35.5. The van der Waals surface area contributed by atoms with E-state index in [9.17, 15) is 18.3 Å². The zero-order valence-electron chi connectivity index (χ0n) is 9.34. The van der Waals surface area contributed by atoms with Crippen LogP contribution in [0, 0.1) is 0 Å². The van der Waals surface area contributed by atoms with E-state index in [2.05, 4.69) is 5.32 Å². The highest BCUT2D eigenvalue weighted by Crippen LogP contribution is 2.14. The molecule has 7 heteroatoms. The number of hydrogen-bond acceptors (Lipinski definition) is 4. The number of nitrogens with one attached hydrogen (secondary N) is 1. The minimum absolute atomic E-state index is 0.229. The lowest BCUT2D eigenvalue weighted by Crippen LogP contribution is -2.42. The summed E-state index contributed by atoms with van der Waals surface area (Å²) in [6, 6.07) is 5.45. The van der Waals surface area contributed by atoms with Gasteiger partial charge in [0, 0.05) is 10.6 Å². The predicted molar refractivity (Wildman–Crippen MR) is 67.4 cm³/mol. The molecule has 1 aromatic carbocycles. The molecule has 0 spiro atoms. The number of carbonyl (C=O) groups is 1. The van der Waals surface area contributed by atoms with Crippen LogP contribution in [0.3, 0.4) is 0 Å². The average Bonchev–Trinajstić information content (AvgIpc) is 2.52. The smallest absolute Gasteiger partial charge is 0.251 e. The van der Waals surface area contributed by atoms with Gasteiger partial charge >= 0.3 is 0 Å². The topological polar surface area (TPSA) is 83.5 Å². The summed E-state index contributed by atoms with van der Waals surface area (Å²) in [5.74, 6) is -0.959. The van der Waals surface area contributed by atoms with E-state index in [0.717, 1.165) is 0 Å². The van der Waals surface area contributed by atoms with E-state index in [1.807, 2.05) is 0 Å². The van der Waals surface area contributed by atoms with Crippen molar-refractivity contribution in [1.82, 2.24) is 5.32 Å². The van der Waals surface area contributed by atoms with E-state index in [1.165, 1.54) is 12.1 Å². The Kier molecular flexibility index (Phi) is 3.61.